The van der Waals surface area contributed by atoms with E-state index in [9.17, 15) is 40.7 Å². The van der Waals surface area contributed by atoms with Crippen molar-refractivity contribution in [3.8, 4) is 45.3 Å². The Morgan fingerprint density at radius 1 is 0.579 bits per heavy atom. The van der Waals surface area contributed by atoms with Gasteiger partial charge >= 0.3 is 11.4 Å². The Balaban J connectivity index is 0.000000221. The number of phenols is 4. The number of nitro groups is 2. The fourth-order valence-electron chi connectivity index (χ4n) is 3.42. The Kier molecular flexibility index (Phi) is 7.99. The molecule has 0 amide bonds. The van der Waals surface area contributed by atoms with Crippen LogP contribution < -0.4 is 11.5 Å². The first-order valence-corrected chi connectivity index (χ1v) is 11.1. The first-order valence-electron chi connectivity index (χ1n) is 10.3. The number of para-hydroxylation sites is 2. The van der Waals surface area contributed by atoms with E-state index in [2.05, 4.69) is 0 Å². The molecule has 196 valence electrons. The summed E-state index contributed by atoms with van der Waals surface area (Å²) in [5, 5.41) is 61.1. The van der Waals surface area contributed by atoms with Crippen molar-refractivity contribution in [3.05, 3.63) is 90.9 Å². The second-order valence-corrected chi connectivity index (χ2v) is 8.52. The number of hydrogen-bond donors (Lipinski definition) is 6. The summed E-state index contributed by atoms with van der Waals surface area (Å²) in [7, 11) is 0. The molecule has 4 aromatic carbocycles. The monoisotopic (exact) mass is 560 g/mol. The molecule has 0 saturated heterocycles. The van der Waals surface area contributed by atoms with Gasteiger partial charge < -0.3 is 31.9 Å². The van der Waals surface area contributed by atoms with E-state index in [0.717, 1.165) is 24.3 Å². The van der Waals surface area contributed by atoms with Gasteiger partial charge in [0.05, 0.1) is 21.2 Å². The lowest BCUT2D eigenvalue weighted by molar-refractivity contribution is -0.386. The van der Waals surface area contributed by atoms with E-state index >= 15 is 0 Å². The van der Waals surface area contributed by atoms with Gasteiger partial charge in [-0.15, -0.1) is 0 Å². The van der Waals surface area contributed by atoms with Crippen LogP contribution in [0.4, 0.5) is 22.7 Å². The van der Waals surface area contributed by atoms with E-state index in [1.807, 2.05) is 0 Å². The zero-order valence-corrected chi connectivity index (χ0v) is 20.5. The van der Waals surface area contributed by atoms with Gasteiger partial charge in [0.1, 0.15) is 11.5 Å². The number of nitrogens with zero attached hydrogens (tertiary/aromatic N) is 2. The molecule has 8 N–H and O–H groups in total. The van der Waals surface area contributed by atoms with Crippen LogP contribution in [0, 0.1) is 20.2 Å². The molecule has 0 aliphatic carbocycles. The third-order valence-electron chi connectivity index (χ3n) is 5.22. The van der Waals surface area contributed by atoms with Gasteiger partial charge in [-0.2, -0.15) is 0 Å². The van der Waals surface area contributed by atoms with Crippen molar-refractivity contribution in [2.45, 2.75) is 0 Å². The Bertz CT molecular complexity index is 1460. The molecule has 0 bridgehead atoms. The Hall–Kier alpha value is -4.94. The van der Waals surface area contributed by atoms with Crippen LogP contribution >= 0.6 is 23.2 Å². The summed E-state index contributed by atoms with van der Waals surface area (Å²) in [5.41, 5.74) is 10.7. The van der Waals surface area contributed by atoms with Crippen LogP contribution in [-0.4, -0.2) is 30.3 Å². The molecule has 12 nitrogen and oxygen atoms in total. The second-order valence-electron chi connectivity index (χ2n) is 7.64. The zero-order chi connectivity index (χ0) is 28.3. The number of aromatic hydroxyl groups is 4. The van der Waals surface area contributed by atoms with Crippen LogP contribution in [0.1, 0.15) is 0 Å². The molecule has 0 radical (unpaired) electrons. The molecule has 0 aliphatic heterocycles. The number of nitro benzene ring substituents is 2. The minimum absolute atomic E-state index is 0.0524. The molecular weight excluding hydrogens is 543 g/mol. The topological polar surface area (TPSA) is 219 Å². The van der Waals surface area contributed by atoms with Gasteiger partial charge in [-0.25, -0.2) is 0 Å². The molecule has 38 heavy (non-hydrogen) atoms. The third kappa shape index (κ3) is 5.56. The number of rotatable bonds is 4. The highest BCUT2D eigenvalue weighted by Gasteiger charge is 2.26. The number of hydrogen-bond acceptors (Lipinski definition) is 10. The largest absolute Gasteiger partial charge is 0.505 e. The van der Waals surface area contributed by atoms with E-state index in [1.54, 1.807) is 36.4 Å². The van der Waals surface area contributed by atoms with Crippen LogP contribution in [0.5, 0.6) is 23.0 Å². The molecule has 0 aliphatic rings. The molecule has 14 heteroatoms. The molecule has 0 atom stereocenters. The van der Waals surface area contributed by atoms with E-state index in [-0.39, 0.29) is 44.0 Å². The standard InChI is InChI=1S/C12H6Cl2N2O6.C12H12N2O2/c13-5-1-7(11(17)9(3-5)15(19)20)8-2-6(14)4-10(12(8)18)16(21)22;13-9-5-1-3-7(11(9)15)8-4-2-6-10(14)12(8)16/h1-4,17-18H;1-6,15-16H,13-14H2. The third-order valence-corrected chi connectivity index (χ3v) is 5.65. The summed E-state index contributed by atoms with van der Waals surface area (Å²) in [6, 6.07) is 14.0. The average molecular weight is 561 g/mol. The van der Waals surface area contributed by atoms with Gasteiger partial charge in [0.25, 0.3) is 0 Å². The first-order chi connectivity index (χ1) is 17.8. The van der Waals surface area contributed by atoms with Crippen molar-refractivity contribution in [1.82, 2.24) is 0 Å². The maximum atomic E-state index is 10.9. The van der Waals surface area contributed by atoms with Gasteiger partial charge in [-0.05, 0) is 24.3 Å². The summed E-state index contributed by atoms with van der Waals surface area (Å²) in [6.07, 6.45) is 0. The van der Waals surface area contributed by atoms with Crippen LogP contribution in [0.2, 0.25) is 10.0 Å². The maximum absolute atomic E-state index is 10.9. The van der Waals surface area contributed by atoms with E-state index in [4.69, 9.17) is 34.7 Å². The number of nitrogens with two attached hydrogens (primary N) is 2. The molecule has 0 fully saturated rings. The number of nitrogen functional groups attached to an aromatic ring is 2. The quantitative estimate of drug-likeness (QED) is 0.0759. The number of benzene rings is 4. The Morgan fingerprint density at radius 2 is 0.921 bits per heavy atom. The summed E-state index contributed by atoms with van der Waals surface area (Å²) in [5.74, 6) is -1.69. The van der Waals surface area contributed by atoms with Crippen LogP contribution in [0.15, 0.2) is 60.7 Å². The molecular formula is C24H18Cl2N4O8. The lowest BCUT2D eigenvalue weighted by Crippen LogP contribution is -1.94. The van der Waals surface area contributed by atoms with Crippen molar-refractivity contribution < 1.29 is 30.3 Å². The molecule has 0 unspecified atom stereocenters. The minimum Gasteiger partial charge on any atom is -0.505 e. The predicted molar refractivity (Wildman–Crippen MR) is 143 cm³/mol. The van der Waals surface area contributed by atoms with Crippen LogP contribution in [0.25, 0.3) is 22.3 Å². The first kappa shape index (κ1) is 27.6. The van der Waals surface area contributed by atoms with Gasteiger partial charge in [0.2, 0.25) is 11.5 Å². The minimum atomic E-state index is -0.874. The summed E-state index contributed by atoms with van der Waals surface area (Å²) >= 11 is 11.5. The van der Waals surface area contributed by atoms with Crippen molar-refractivity contribution >= 4 is 46.0 Å². The Morgan fingerprint density at radius 3 is 1.24 bits per heavy atom. The van der Waals surface area contributed by atoms with E-state index < -0.39 is 32.7 Å². The summed E-state index contributed by atoms with van der Waals surface area (Å²) in [6.45, 7) is 0. The fraction of sp³-hybridized carbons (Fsp3) is 0. The van der Waals surface area contributed by atoms with Gasteiger partial charge in [0.15, 0.2) is 0 Å². The van der Waals surface area contributed by atoms with Crippen LogP contribution in [-0.2, 0) is 0 Å². The molecule has 0 aromatic heterocycles. The highest BCUT2D eigenvalue weighted by molar-refractivity contribution is 6.32. The van der Waals surface area contributed by atoms with Crippen molar-refractivity contribution in [1.29, 1.82) is 0 Å². The number of anilines is 2. The summed E-state index contributed by atoms with van der Waals surface area (Å²) < 4.78 is 0. The summed E-state index contributed by atoms with van der Waals surface area (Å²) in [4.78, 5) is 20.0. The number of halogens is 2. The highest BCUT2D eigenvalue weighted by Crippen LogP contribution is 2.46. The smallest absolute Gasteiger partial charge is 0.312 e. The van der Waals surface area contributed by atoms with Crippen LogP contribution in [0.3, 0.4) is 0 Å². The fourth-order valence-corrected chi connectivity index (χ4v) is 3.84. The SMILES string of the molecule is Nc1cccc(-c2cccc(N)c2O)c1O.O=[N+]([O-])c1cc(Cl)cc(-c2cc(Cl)cc([N+](=O)[O-])c2O)c1O. The maximum Gasteiger partial charge on any atom is 0.312 e. The van der Waals surface area contributed by atoms with Crippen molar-refractivity contribution in [2.24, 2.45) is 0 Å². The van der Waals surface area contributed by atoms with Gasteiger partial charge in [-0.3, -0.25) is 20.2 Å². The van der Waals surface area contributed by atoms with Gasteiger partial charge in [-0.1, -0.05) is 47.5 Å². The Labute approximate surface area is 223 Å². The molecule has 0 spiro atoms. The average Bonchev–Trinajstić information content (AvgIpc) is 2.85. The van der Waals surface area contributed by atoms with Crippen molar-refractivity contribution in [3.63, 3.8) is 0 Å². The second kappa shape index (κ2) is 11.0. The predicted octanol–water partition coefficient (Wildman–Crippen LogP) is 5.82. The van der Waals surface area contributed by atoms with E-state index in [1.165, 1.54) is 0 Å². The normalized spacial score (nSPS) is 10.4. The number of phenolic OH excluding ortho intramolecular Hbond substituents is 4. The lowest BCUT2D eigenvalue weighted by atomic mass is 10.0. The van der Waals surface area contributed by atoms with Crippen molar-refractivity contribution in [2.75, 3.05) is 11.5 Å². The lowest BCUT2D eigenvalue weighted by Gasteiger charge is -2.09. The van der Waals surface area contributed by atoms with E-state index in [0.29, 0.717) is 11.1 Å². The zero-order valence-electron chi connectivity index (χ0n) is 19.0. The molecule has 4 aromatic rings. The molecule has 4 rings (SSSR count). The van der Waals surface area contributed by atoms with Gasteiger partial charge in [0, 0.05) is 44.4 Å². The highest BCUT2D eigenvalue weighted by atomic mass is 35.5. The molecule has 0 saturated carbocycles. The molecule has 0 heterocycles.